The van der Waals surface area contributed by atoms with Gasteiger partial charge in [0.2, 0.25) is 0 Å². The SMILES string of the molecule is CC1(C)CC(NC(=O)N2CCCC(CO)C2)c2ccccc2O1. The Bertz CT molecular complexity index is 573. The van der Waals surface area contributed by atoms with E-state index in [4.69, 9.17) is 4.74 Å². The number of aliphatic hydroxyl groups is 1. The molecule has 5 heteroatoms. The molecule has 23 heavy (non-hydrogen) atoms. The minimum atomic E-state index is -0.304. The lowest BCUT2D eigenvalue weighted by atomic mass is 9.90. The summed E-state index contributed by atoms with van der Waals surface area (Å²) >= 11 is 0. The van der Waals surface area contributed by atoms with Crippen LogP contribution in [0.15, 0.2) is 24.3 Å². The number of hydrogen-bond donors (Lipinski definition) is 2. The van der Waals surface area contributed by atoms with Crippen molar-refractivity contribution in [3.8, 4) is 5.75 Å². The number of rotatable bonds is 2. The summed E-state index contributed by atoms with van der Waals surface area (Å²) in [5, 5.41) is 12.5. The van der Waals surface area contributed by atoms with Crippen LogP contribution in [0.25, 0.3) is 0 Å². The van der Waals surface area contributed by atoms with Gasteiger partial charge in [-0.25, -0.2) is 4.79 Å². The number of piperidine rings is 1. The first-order valence-electron chi connectivity index (χ1n) is 8.43. The Morgan fingerprint density at radius 1 is 1.43 bits per heavy atom. The van der Waals surface area contributed by atoms with Crippen molar-refractivity contribution in [2.45, 2.75) is 44.8 Å². The van der Waals surface area contributed by atoms with Crippen molar-refractivity contribution < 1.29 is 14.6 Å². The zero-order valence-corrected chi connectivity index (χ0v) is 13.9. The average molecular weight is 318 g/mol. The lowest BCUT2D eigenvalue weighted by Crippen LogP contribution is -2.49. The predicted octanol–water partition coefficient (Wildman–Crippen LogP) is 2.70. The van der Waals surface area contributed by atoms with Gasteiger partial charge in [-0.05, 0) is 38.7 Å². The van der Waals surface area contributed by atoms with Crippen LogP contribution in [0, 0.1) is 5.92 Å². The number of nitrogens with one attached hydrogen (secondary N) is 1. The maximum atomic E-state index is 12.6. The number of benzene rings is 1. The molecule has 1 fully saturated rings. The van der Waals surface area contributed by atoms with Crippen molar-refractivity contribution in [1.82, 2.24) is 10.2 Å². The second-order valence-corrected chi connectivity index (χ2v) is 7.24. The highest BCUT2D eigenvalue weighted by Crippen LogP contribution is 2.39. The zero-order chi connectivity index (χ0) is 16.4. The van der Waals surface area contributed by atoms with E-state index in [0.29, 0.717) is 6.54 Å². The molecule has 1 aromatic rings. The van der Waals surface area contributed by atoms with Gasteiger partial charge in [0.25, 0.3) is 0 Å². The van der Waals surface area contributed by atoms with E-state index in [0.717, 1.165) is 37.1 Å². The summed E-state index contributed by atoms with van der Waals surface area (Å²) in [6, 6.07) is 7.82. The number of hydrogen-bond acceptors (Lipinski definition) is 3. The third-order valence-electron chi connectivity index (χ3n) is 4.74. The molecule has 0 spiro atoms. The maximum Gasteiger partial charge on any atom is 0.317 e. The Hall–Kier alpha value is -1.75. The standard InChI is InChI=1S/C18H26N2O3/c1-18(2)10-15(14-7-3-4-8-16(14)23-18)19-17(22)20-9-5-6-13(11-20)12-21/h3-4,7-8,13,15,21H,5-6,9-12H2,1-2H3,(H,19,22). The Balaban J connectivity index is 1.73. The number of carbonyl (C=O) groups is 1. The third-order valence-corrected chi connectivity index (χ3v) is 4.74. The van der Waals surface area contributed by atoms with Crippen molar-refractivity contribution in [2.24, 2.45) is 5.92 Å². The number of aliphatic hydroxyl groups excluding tert-OH is 1. The molecule has 2 aliphatic heterocycles. The molecule has 1 aromatic carbocycles. The fraction of sp³-hybridized carbons (Fsp3) is 0.611. The largest absolute Gasteiger partial charge is 0.487 e. The van der Waals surface area contributed by atoms with Gasteiger partial charge in [-0.2, -0.15) is 0 Å². The van der Waals surface area contributed by atoms with Crippen LogP contribution >= 0.6 is 0 Å². The summed E-state index contributed by atoms with van der Waals surface area (Å²) in [7, 11) is 0. The predicted molar refractivity (Wildman–Crippen MR) is 88.4 cm³/mol. The Morgan fingerprint density at radius 3 is 3.00 bits per heavy atom. The fourth-order valence-electron chi connectivity index (χ4n) is 3.57. The summed E-state index contributed by atoms with van der Waals surface area (Å²) in [6.45, 7) is 5.64. The van der Waals surface area contributed by atoms with E-state index in [9.17, 15) is 9.90 Å². The number of carbonyl (C=O) groups excluding carboxylic acids is 1. The van der Waals surface area contributed by atoms with E-state index >= 15 is 0 Å². The molecule has 2 atom stereocenters. The molecule has 2 aliphatic rings. The van der Waals surface area contributed by atoms with Crippen LogP contribution in [-0.2, 0) is 0 Å². The van der Waals surface area contributed by atoms with Gasteiger partial charge < -0.3 is 20.1 Å². The number of nitrogens with zero attached hydrogens (tertiary/aromatic N) is 1. The lowest BCUT2D eigenvalue weighted by molar-refractivity contribution is 0.0651. The number of amides is 2. The Labute approximate surface area is 137 Å². The minimum Gasteiger partial charge on any atom is -0.487 e. The van der Waals surface area contributed by atoms with Gasteiger partial charge in [-0.1, -0.05) is 18.2 Å². The van der Waals surface area contributed by atoms with Gasteiger partial charge in [-0.15, -0.1) is 0 Å². The molecule has 126 valence electrons. The van der Waals surface area contributed by atoms with Gasteiger partial charge in [0, 0.05) is 31.7 Å². The normalized spacial score (nSPS) is 26.1. The van der Waals surface area contributed by atoms with E-state index < -0.39 is 0 Å². The summed E-state index contributed by atoms with van der Waals surface area (Å²) in [5.41, 5.74) is 0.734. The molecule has 0 bridgehead atoms. The van der Waals surface area contributed by atoms with E-state index in [-0.39, 0.29) is 30.2 Å². The summed E-state index contributed by atoms with van der Waals surface area (Å²) in [5.74, 6) is 1.05. The van der Waals surface area contributed by atoms with Crippen molar-refractivity contribution >= 4 is 6.03 Å². The van der Waals surface area contributed by atoms with Gasteiger partial charge in [0.1, 0.15) is 11.4 Å². The minimum absolute atomic E-state index is 0.0411. The monoisotopic (exact) mass is 318 g/mol. The number of para-hydroxylation sites is 1. The number of likely N-dealkylation sites (tertiary alicyclic amines) is 1. The van der Waals surface area contributed by atoms with Crippen molar-refractivity contribution in [1.29, 1.82) is 0 Å². The molecular formula is C18H26N2O3. The molecule has 5 nitrogen and oxygen atoms in total. The van der Waals surface area contributed by atoms with Crippen LogP contribution in [0.1, 0.15) is 44.7 Å². The second kappa shape index (κ2) is 6.40. The van der Waals surface area contributed by atoms with E-state index in [1.54, 1.807) is 0 Å². The van der Waals surface area contributed by atoms with Crippen LogP contribution in [0.5, 0.6) is 5.75 Å². The Morgan fingerprint density at radius 2 is 2.22 bits per heavy atom. The highest BCUT2D eigenvalue weighted by atomic mass is 16.5. The first-order valence-corrected chi connectivity index (χ1v) is 8.43. The van der Waals surface area contributed by atoms with Crippen LogP contribution in [0.4, 0.5) is 4.79 Å². The molecule has 0 aromatic heterocycles. The van der Waals surface area contributed by atoms with E-state index in [2.05, 4.69) is 5.32 Å². The molecule has 0 radical (unpaired) electrons. The summed E-state index contributed by atoms with van der Waals surface area (Å²) in [4.78, 5) is 14.5. The Kier molecular flexibility index (Phi) is 4.48. The molecule has 2 heterocycles. The van der Waals surface area contributed by atoms with E-state index in [1.165, 1.54) is 0 Å². The van der Waals surface area contributed by atoms with Gasteiger partial charge in [0.15, 0.2) is 0 Å². The molecule has 2 N–H and O–H groups in total. The third kappa shape index (κ3) is 3.61. The quantitative estimate of drug-likeness (QED) is 0.881. The van der Waals surface area contributed by atoms with Crippen LogP contribution in [0.2, 0.25) is 0 Å². The number of ether oxygens (including phenoxy) is 1. The highest BCUT2D eigenvalue weighted by molar-refractivity contribution is 5.75. The van der Waals surface area contributed by atoms with Gasteiger partial charge in [0.05, 0.1) is 6.04 Å². The van der Waals surface area contributed by atoms with Gasteiger partial charge in [-0.3, -0.25) is 0 Å². The van der Waals surface area contributed by atoms with Crippen LogP contribution in [-0.4, -0.2) is 41.3 Å². The first kappa shape index (κ1) is 16.1. The molecule has 2 amide bonds. The molecule has 0 aliphatic carbocycles. The molecule has 1 saturated heterocycles. The number of urea groups is 1. The molecule has 0 saturated carbocycles. The molecule has 2 unspecified atom stereocenters. The second-order valence-electron chi connectivity index (χ2n) is 7.24. The smallest absolute Gasteiger partial charge is 0.317 e. The van der Waals surface area contributed by atoms with Crippen molar-refractivity contribution in [3.05, 3.63) is 29.8 Å². The first-order chi connectivity index (χ1) is 11.0. The average Bonchev–Trinajstić information content (AvgIpc) is 2.53. The van der Waals surface area contributed by atoms with Crippen LogP contribution < -0.4 is 10.1 Å². The van der Waals surface area contributed by atoms with Crippen molar-refractivity contribution in [3.63, 3.8) is 0 Å². The molecular weight excluding hydrogens is 292 g/mol. The van der Waals surface area contributed by atoms with Gasteiger partial charge >= 0.3 is 6.03 Å². The molecule has 3 rings (SSSR count). The topological polar surface area (TPSA) is 61.8 Å². The van der Waals surface area contributed by atoms with Crippen molar-refractivity contribution in [2.75, 3.05) is 19.7 Å². The van der Waals surface area contributed by atoms with Crippen LogP contribution in [0.3, 0.4) is 0 Å². The van der Waals surface area contributed by atoms with E-state index in [1.807, 2.05) is 43.0 Å². The summed E-state index contributed by atoms with van der Waals surface area (Å²) < 4.78 is 6.01. The number of fused-ring (bicyclic) bond motifs is 1. The maximum absolute atomic E-state index is 12.6. The fourth-order valence-corrected chi connectivity index (χ4v) is 3.57. The summed E-state index contributed by atoms with van der Waals surface area (Å²) in [6.07, 6.45) is 2.69. The lowest BCUT2D eigenvalue weighted by Gasteiger charge is -2.39. The highest BCUT2D eigenvalue weighted by Gasteiger charge is 2.35. The zero-order valence-electron chi connectivity index (χ0n) is 13.9.